The molecule has 0 saturated carbocycles. The summed E-state index contributed by atoms with van der Waals surface area (Å²) in [6.45, 7) is 1.66. The molecule has 12 heteroatoms. The minimum atomic E-state index is -2.98. The third kappa shape index (κ3) is 4.65. The lowest BCUT2D eigenvalue weighted by Gasteiger charge is -2.39. The van der Waals surface area contributed by atoms with Crippen molar-refractivity contribution in [1.82, 2.24) is 20.0 Å². The van der Waals surface area contributed by atoms with Crippen molar-refractivity contribution in [3.05, 3.63) is 34.0 Å². The Balaban J connectivity index is 1.95. The van der Waals surface area contributed by atoms with Gasteiger partial charge >= 0.3 is 5.97 Å². The standard InChI is InChI=1S/C18H22F2N8O2/c1-3-12-14(28-9-11(6-16(29)30)7-18(19,20)10-28)5-4-13(23-12)17-15(8-22-25-21)27(2)26-24-17/h4-5,11H,3,6-10H2,1-2H3,(H,29,30)/t11-/m1/s1. The number of aliphatic carboxylic acids is 1. The van der Waals surface area contributed by atoms with Crippen LogP contribution < -0.4 is 4.90 Å². The number of aryl methyl sites for hydroxylation is 2. The second-order valence-corrected chi connectivity index (χ2v) is 7.32. The van der Waals surface area contributed by atoms with E-state index in [4.69, 9.17) is 10.6 Å². The molecule has 1 N–H and O–H groups in total. The smallest absolute Gasteiger partial charge is 0.303 e. The molecule has 0 bridgehead atoms. The van der Waals surface area contributed by atoms with Crippen molar-refractivity contribution in [3.63, 3.8) is 0 Å². The van der Waals surface area contributed by atoms with Crippen molar-refractivity contribution in [2.45, 2.75) is 38.7 Å². The molecule has 3 heterocycles. The molecule has 2 aromatic rings. The maximum atomic E-state index is 14.3. The Hall–Kier alpha value is -3.27. The molecular weight excluding hydrogens is 398 g/mol. The number of aromatic nitrogens is 4. The van der Waals surface area contributed by atoms with E-state index in [0.29, 0.717) is 34.9 Å². The van der Waals surface area contributed by atoms with Crippen LogP contribution in [0.5, 0.6) is 0 Å². The zero-order valence-corrected chi connectivity index (χ0v) is 16.7. The van der Waals surface area contributed by atoms with Gasteiger partial charge in [-0.3, -0.25) is 9.48 Å². The van der Waals surface area contributed by atoms with Gasteiger partial charge in [-0.15, -0.1) is 5.10 Å². The lowest BCUT2D eigenvalue weighted by Crippen LogP contribution is -2.48. The van der Waals surface area contributed by atoms with Crippen molar-refractivity contribution in [2.24, 2.45) is 18.1 Å². The molecule has 2 aromatic heterocycles. The van der Waals surface area contributed by atoms with Gasteiger partial charge in [0.25, 0.3) is 5.92 Å². The number of carbonyl (C=O) groups is 1. The van der Waals surface area contributed by atoms with E-state index in [2.05, 4.69) is 25.3 Å². The largest absolute Gasteiger partial charge is 0.481 e. The predicted octanol–water partition coefficient (Wildman–Crippen LogP) is 3.19. The van der Waals surface area contributed by atoms with Gasteiger partial charge in [-0.2, -0.15) is 0 Å². The molecule has 30 heavy (non-hydrogen) atoms. The first-order valence-corrected chi connectivity index (χ1v) is 9.48. The first-order chi connectivity index (χ1) is 14.2. The van der Waals surface area contributed by atoms with Crippen molar-refractivity contribution >= 4 is 11.7 Å². The minimum Gasteiger partial charge on any atom is -0.481 e. The molecule has 0 spiro atoms. The summed E-state index contributed by atoms with van der Waals surface area (Å²) in [7, 11) is 1.67. The summed E-state index contributed by atoms with van der Waals surface area (Å²) >= 11 is 0. The molecule has 160 valence electrons. The minimum absolute atomic E-state index is 0.0510. The number of azide groups is 1. The predicted molar refractivity (Wildman–Crippen MR) is 104 cm³/mol. The van der Waals surface area contributed by atoms with E-state index in [0.717, 1.165) is 0 Å². The fraction of sp³-hybridized carbons (Fsp3) is 0.556. The molecule has 0 amide bonds. The van der Waals surface area contributed by atoms with Crippen LogP contribution in [0.2, 0.25) is 0 Å². The maximum absolute atomic E-state index is 14.3. The number of hydrogen-bond acceptors (Lipinski definition) is 6. The summed E-state index contributed by atoms with van der Waals surface area (Å²) in [5.74, 6) is -4.71. The average molecular weight is 420 g/mol. The summed E-state index contributed by atoms with van der Waals surface area (Å²) in [6, 6.07) is 3.36. The second-order valence-electron chi connectivity index (χ2n) is 7.32. The highest BCUT2D eigenvalue weighted by Crippen LogP contribution is 2.36. The molecular formula is C18H22F2N8O2. The van der Waals surface area contributed by atoms with Gasteiger partial charge in [0.1, 0.15) is 5.69 Å². The molecule has 0 aromatic carbocycles. The highest BCUT2D eigenvalue weighted by atomic mass is 19.3. The molecule has 1 aliphatic rings. The van der Waals surface area contributed by atoms with Gasteiger partial charge < -0.3 is 10.0 Å². The normalized spacial score (nSPS) is 18.1. The number of pyridine rings is 1. The van der Waals surface area contributed by atoms with E-state index >= 15 is 0 Å². The SMILES string of the molecule is CCc1nc(-c2nnn(C)c2CN=[N+]=[N-])ccc1N1C[C@H](CC(=O)O)CC(F)(F)C1. The lowest BCUT2D eigenvalue weighted by atomic mass is 9.91. The highest BCUT2D eigenvalue weighted by molar-refractivity contribution is 5.67. The van der Waals surface area contributed by atoms with Gasteiger partial charge in [-0.1, -0.05) is 17.3 Å². The summed E-state index contributed by atoms with van der Waals surface area (Å²) in [5, 5.41) is 20.6. The van der Waals surface area contributed by atoms with E-state index < -0.39 is 30.8 Å². The Bertz CT molecular complexity index is 987. The van der Waals surface area contributed by atoms with Crippen molar-refractivity contribution in [2.75, 3.05) is 18.0 Å². The van der Waals surface area contributed by atoms with Gasteiger partial charge in [0.2, 0.25) is 0 Å². The number of carboxylic acids is 1. The number of hydrogen-bond donors (Lipinski definition) is 1. The first kappa shape index (κ1) is 21.4. The third-order valence-electron chi connectivity index (χ3n) is 5.05. The van der Waals surface area contributed by atoms with Crippen LogP contribution in [0.3, 0.4) is 0 Å². The maximum Gasteiger partial charge on any atom is 0.303 e. The number of nitrogens with zero attached hydrogens (tertiary/aromatic N) is 8. The molecule has 3 rings (SSSR count). The van der Waals surface area contributed by atoms with Crippen LogP contribution in [0.4, 0.5) is 14.5 Å². The molecule has 0 unspecified atom stereocenters. The summed E-state index contributed by atoms with van der Waals surface area (Å²) in [4.78, 5) is 19.9. The second kappa shape index (κ2) is 8.62. The number of alkyl halides is 2. The highest BCUT2D eigenvalue weighted by Gasteiger charge is 2.41. The van der Waals surface area contributed by atoms with Crippen molar-refractivity contribution < 1.29 is 18.7 Å². The molecule has 1 fully saturated rings. The molecule has 10 nitrogen and oxygen atoms in total. The number of piperidine rings is 1. The molecule has 0 radical (unpaired) electrons. The van der Waals surface area contributed by atoms with Crippen LogP contribution >= 0.6 is 0 Å². The molecule has 1 atom stereocenters. The topological polar surface area (TPSA) is 133 Å². The van der Waals surface area contributed by atoms with Gasteiger partial charge in [0.05, 0.1) is 42.3 Å². The average Bonchev–Trinajstić information content (AvgIpc) is 3.04. The van der Waals surface area contributed by atoms with E-state index in [1.165, 1.54) is 9.58 Å². The summed E-state index contributed by atoms with van der Waals surface area (Å²) in [6.07, 6.45) is -0.257. The van der Waals surface area contributed by atoms with Crippen molar-refractivity contribution in [3.8, 4) is 11.4 Å². The first-order valence-electron chi connectivity index (χ1n) is 9.48. The van der Waals surface area contributed by atoms with Crippen LogP contribution in [0.1, 0.15) is 31.2 Å². The zero-order valence-electron chi connectivity index (χ0n) is 16.7. The molecule has 1 aliphatic heterocycles. The Morgan fingerprint density at radius 3 is 2.90 bits per heavy atom. The van der Waals surface area contributed by atoms with E-state index in [1.54, 1.807) is 19.2 Å². The van der Waals surface area contributed by atoms with Crippen LogP contribution in [0, 0.1) is 5.92 Å². The van der Waals surface area contributed by atoms with Crippen LogP contribution in [0.25, 0.3) is 21.8 Å². The monoisotopic (exact) mass is 420 g/mol. The van der Waals surface area contributed by atoms with Crippen LogP contribution in [-0.2, 0) is 24.8 Å². The summed E-state index contributed by atoms with van der Waals surface area (Å²) < 4.78 is 30.1. The number of rotatable bonds is 7. The Morgan fingerprint density at radius 1 is 1.47 bits per heavy atom. The summed E-state index contributed by atoms with van der Waals surface area (Å²) in [5.41, 5.74) is 11.3. The lowest BCUT2D eigenvalue weighted by molar-refractivity contribution is -0.139. The number of anilines is 1. The van der Waals surface area contributed by atoms with Gasteiger partial charge in [0, 0.05) is 24.9 Å². The number of halogens is 2. The zero-order chi connectivity index (χ0) is 21.9. The fourth-order valence-electron chi connectivity index (χ4n) is 3.80. The third-order valence-corrected chi connectivity index (χ3v) is 5.05. The Labute approximate surface area is 171 Å². The molecule has 0 aliphatic carbocycles. The van der Waals surface area contributed by atoms with Gasteiger partial charge in [-0.05, 0) is 30.0 Å². The van der Waals surface area contributed by atoms with E-state index in [-0.39, 0.29) is 19.5 Å². The fourth-order valence-corrected chi connectivity index (χ4v) is 3.80. The van der Waals surface area contributed by atoms with Gasteiger partial charge in [-0.25, -0.2) is 13.8 Å². The van der Waals surface area contributed by atoms with Crippen LogP contribution in [0.15, 0.2) is 17.2 Å². The number of carboxylic acid groups (broad SMARTS) is 1. The van der Waals surface area contributed by atoms with Gasteiger partial charge in [0.15, 0.2) is 0 Å². The van der Waals surface area contributed by atoms with Crippen molar-refractivity contribution in [1.29, 1.82) is 0 Å². The van der Waals surface area contributed by atoms with E-state index in [1.807, 2.05) is 6.92 Å². The van der Waals surface area contributed by atoms with Crippen LogP contribution in [-0.4, -0.2) is 50.1 Å². The van der Waals surface area contributed by atoms with E-state index in [9.17, 15) is 13.6 Å². The Morgan fingerprint density at radius 2 is 2.23 bits per heavy atom. The molecule has 1 saturated heterocycles. The Kier molecular flexibility index (Phi) is 6.16. The quantitative estimate of drug-likeness (QED) is 0.415.